The summed E-state index contributed by atoms with van der Waals surface area (Å²) in [6.07, 6.45) is -2.67. The second kappa shape index (κ2) is 6.29. The molecule has 0 aliphatic carbocycles. The first-order valence-corrected chi connectivity index (χ1v) is 6.50. The van der Waals surface area contributed by atoms with Crippen molar-refractivity contribution < 1.29 is 18.0 Å². The number of hydrogen-bond donors (Lipinski definition) is 1. The molecule has 1 N–H and O–H groups in total. The number of nitrogens with one attached hydrogen (secondary N) is 1. The molecule has 1 aromatic rings. The highest BCUT2D eigenvalue weighted by molar-refractivity contribution is 5.74. The highest BCUT2D eigenvalue weighted by Gasteiger charge is 2.32. The van der Waals surface area contributed by atoms with E-state index >= 15 is 0 Å². The van der Waals surface area contributed by atoms with E-state index in [2.05, 4.69) is 15.4 Å². The highest BCUT2D eigenvalue weighted by Crippen LogP contribution is 2.17. The molecule has 118 valence electrons. The van der Waals surface area contributed by atoms with E-state index in [1.54, 1.807) is 7.05 Å². The zero-order valence-corrected chi connectivity index (χ0v) is 11.6. The summed E-state index contributed by atoms with van der Waals surface area (Å²) in [7, 11) is 1.72. The van der Waals surface area contributed by atoms with Gasteiger partial charge in [-0.25, -0.2) is 9.78 Å². The number of aryl methyl sites for hydroxylation is 1. The van der Waals surface area contributed by atoms with Crippen LogP contribution in [0.2, 0.25) is 0 Å². The minimum atomic E-state index is -4.20. The molecule has 2 heterocycles. The van der Waals surface area contributed by atoms with Gasteiger partial charge in [-0.2, -0.15) is 18.3 Å². The van der Waals surface area contributed by atoms with Crippen LogP contribution in [0.15, 0.2) is 6.33 Å². The second-order valence-electron chi connectivity index (χ2n) is 4.87. The van der Waals surface area contributed by atoms with Crippen molar-refractivity contribution in [2.45, 2.75) is 12.7 Å². The minimum Gasteiger partial charge on any atom is -0.331 e. The molecule has 0 radical (unpaired) electrons. The number of aromatic nitrogens is 3. The maximum absolute atomic E-state index is 12.3. The lowest BCUT2D eigenvalue weighted by Crippen LogP contribution is -2.53. The third kappa shape index (κ3) is 4.88. The Morgan fingerprint density at radius 2 is 2.00 bits per heavy atom. The molecule has 1 aromatic heterocycles. The zero-order valence-electron chi connectivity index (χ0n) is 11.6. The summed E-state index contributed by atoms with van der Waals surface area (Å²) < 4.78 is 38.3. The number of amides is 2. The molecular formula is C11H17F3N6O. The number of urea groups is 1. The zero-order chi connectivity index (χ0) is 15.5. The lowest BCUT2D eigenvalue weighted by atomic mass is 10.3. The third-order valence-electron chi connectivity index (χ3n) is 3.11. The Hall–Kier alpha value is -1.84. The fourth-order valence-electron chi connectivity index (χ4n) is 2.09. The predicted octanol–water partition coefficient (Wildman–Crippen LogP) is 0.205. The van der Waals surface area contributed by atoms with Crippen molar-refractivity contribution >= 4 is 6.03 Å². The molecule has 1 aliphatic rings. The van der Waals surface area contributed by atoms with E-state index in [0.717, 1.165) is 0 Å². The molecule has 0 bridgehead atoms. The summed E-state index contributed by atoms with van der Waals surface area (Å²) in [4.78, 5) is 18.6. The first kappa shape index (κ1) is 15.5. The average molecular weight is 306 g/mol. The quantitative estimate of drug-likeness (QED) is 0.867. The van der Waals surface area contributed by atoms with Gasteiger partial charge < -0.3 is 10.2 Å². The average Bonchev–Trinajstić information content (AvgIpc) is 2.81. The maximum Gasteiger partial charge on any atom is 0.401 e. The van der Waals surface area contributed by atoms with Gasteiger partial charge in [0.1, 0.15) is 6.33 Å². The number of hydrogen-bond acceptors (Lipinski definition) is 4. The van der Waals surface area contributed by atoms with Crippen molar-refractivity contribution in [3.05, 3.63) is 12.2 Å². The Labute approximate surface area is 119 Å². The molecule has 10 heteroatoms. The summed E-state index contributed by atoms with van der Waals surface area (Å²) >= 11 is 0. The van der Waals surface area contributed by atoms with Gasteiger partial charge >= 0.3 is 12.2 Å². The molecule has 2 amide bonds. The van der Waals surface area contributed by atoms with Crippen LogP contribution in [-0.4, -0.2) is 69.5 Å². The Balaban J connectivity index is 1.73. The lowest BCUT2D eigenvalue weighted by molar-refractivity contribution is -0.148. The summed E-state index contributed by atoms with van der Waals surface area (Å²) in [5.74, 6) is 0.488. The Morgan fingerprint density at radius 3 is 2.52 bits per heavy atom. The van der Waals surface area contributed by atoms with Gasteiger partial charge in [-0.3, -0.25) is 9.58 Å². The highest BCUT2D eigenvalue weighted by atomic mass is 19.4. The molecule has 2 rings (SSSR count). The van der Waals surface area contributed by atoms with Gasteiger partial charge in [0.2, 0.25) is 0 Å². The van der Waals surface area contributed by atoms with E-state index in [1.165, 1.54) is 20.8 Å². The Morgan fingerprint density at radius 1 is 1.33 bits per heavy atom. The van der Waals surface area contributed by atoms with Crippen LogP contribution in [0.1, 0.15) is 5.82 Å². The molecule has 1 saturated heterocycles. The topological polar surface area (TPSA) is 66.3 Å². The van der Waals surface area contributed by atoms with E-state index in [0.29, 0.717) is 5.82 Å². The van der Waals surface area contributed by atoms with Gasteiger partial charge in [0.15, 0.2) is 5.82 Å². The van der Waals surface area contributed by atoms with Crippen LogP contribution in [0.25, 0.3) is 0 Å². The Kier molecular flexibility index (Phi) is 4.66. The van der Waals surface area contributed by atoms with Crippen LogP contribution in [0.4, 0.5) is 18.0 Å². The third-order valence-corrected chi connectivity index (χ3v) is 3.11. The van der Waals surface area contributed by atoms with Crippen LogP contribution in [0.3, 0.4) is 0 Å². The summed E-state index contributed by atoms with van der Waals surface area (Å²) in [5.41, 5.74) is 0. The number of carbonyl (C=O) groups is 1. The van der Waals surface area contributed by atoms with Crippen molar-refractivity contribution in [3.8, 4) is 0 Å². The molecule has 21 heavy (non-hydrogen) atoms. The molecule has 0 atom stereocenters. The number of carbonyl (C=O) groups excluding carboxylic acids is 1. The molecule has 0 unspecified atom stereocenters. The minimum absolute atomic E-state index is 0.197. The molecule has 0 aromatic carbocycles. The SMILES string of the molecule is Cn1cnc(CNC(=O)N2CCN(CC(F)(F)F)CC2)n1. The summed E-state index contributed by atoms with van der Waals surface area (Å²) in [6.45, 7) is 0.251. The smallest absolute Gasteiger partial charge is 0.331 e. The van der Waals surface area contributed by atoms with Crippen LogP contribution in [0, 0.1) is 0 Å². The van der Waals surface area contributed by atoms with E-state index in [-0.39, 0.29) is 38.8 Å². The molecule has 1 aliphatic heterocycles. The van der Waals surface area contributed by atoms with E-state index < -0.39 is 12.7 Å². The fraction of sp³-hybridized carbons (Fsp3) is 0.727. The van der Waals surface area contributed by atoms with E-state index in [1.807, 2.05) is 0 Å². The normalized spacial score (nSPS) is 17.0. The van der Waals surface area contributed by atoms with Gasteiger partial charge in [-0.15, -0.1) is 0 Å². The number of piperazine rings is 1. The number of nitrogens with zero attached hydrogens (tertiary/aromatic N) is 5. The van der Waals surface area contributed by atoms with Crippen LogP contribution in [0.5, 0.6) is 0 Å². The first-order valence-electron chi connectivity index (χ1n) is 6.50. The van der Waals surface area contributed by atoms with Crippen molar-refractivity contribution in [2.24, 2.45) is 7.05 Å². The van der Waals surface area contributed by atoms with Gasteiger partial charge in [-0.1, -0.05) is 0 Å². The van der Waals surface area contributed by atoms with Gasteiger partial charge in [0.05, 0.1) is 13.1 Å². The lowest BCUT2D eigenvalue weighted by Gasteiger charge is -2.34. The molecular weight excluding hydrogens is 289 g/mol. The molecule has 0 spiro atoms. The van der Waals surface area contributed by atoms with Crippen molar-refractivity contribution in [1.82, 2.24) is 29.9 Å². The van der Waals surface area contributed by atoms with Crippen LogP contribution in [-0.2, 0) is 13.6 Å². The van der Waals surface area contributed by atoms with Crippen LogP contribution < -0.4 is 5.32 Å². The number of rotatable bonds is 3. The molecule has 1 fully saturated rings. The summed E-state index contributed by atoms with van der Waals surface area (Å²) in [5, 5.41) is 6.67. The largest absolute Gasteiger partial charge is 0.401 e. The van der Waals surface area contributed by atoms with Gasteiger partial charge in [0, 0.05) is 33.2 Å². The number of alkyl halides is 3. The van der Waals surface area contributed by atoms with E-state index in [9.17, 15) is 18.0 Å². The number of halogens is 3. The monoisotopic (exact) mass is 306 g/mol. The fourth-order valence-corrected chi connectivity index (χ4v) is 2.09. The second-order valence-corrected chi connectivity index (χ2v) is 4.87. The molecule has 0 saturated carbocycles. The Bertz CT molecular complexity index is 481. The van der Waals surface area contributed by atoms with E-state index in [4.69, 9.17) is 0 Å². The van der Waals surface area contributed by atoms with Crippen molar-refractivity contribution in [2.75, 3.05) is 32.7 Å². The first-order chi connectivity index (χ1) is 9.83. The van der Waals surface area contributed by atoms with Crippen molar-refractivity contribution in [1.29, 1.82) is 0 Å². The molecule has 7 nitrogen and oxygen atoms in total. The summed E-state index contributed by atoms with van der Waals surface area (Å²) in [6, 6.07) is -0.311. The van der Waals surface area contributed by atoms with Gasteiger partial charge in [-0.05, 0) is 0 Å². The van der Waals surface area contributed by atoms with Gasteiger partial charge in [0.25, 0.3) is 0 Å². The maximum atomic E-state index is 12.3. The standard InChI is InChI=1S/C11H17F3N6O/c1-18-8-16-9(17-18)6-15-10(21)20-4-2-19(3-5-20)7-11(12,13)14/h8H,2-7H2,1H3,(H,15,21). The predicted molar refractivity (Wildman–Crippen MR) is 67.3 cm³/mol. The van der Waals surface area contributed by atoms with Crippen LogP contribution >= 0.6 is 0 Å². The van der Waals surface area contributed by atoms with Crippen molar-refractivity contribution in [3.63, 3.8) is 0 Å².